The van der Waals surface area contributed by atoms with Crippen LogP contribution in [-0.2, 0) is 4.79 Å². The second-order valence-electron chi connectivity index (χ2n) is 10.1. The maximum atomic E-state index is 13.7. The van der Waals surface area contributed by atoms with Gasteiger partial charge in [-0.05, 0) is 61.8 Å². The first-order chi connectivity index (χ1) is 17.5. The number of aryl methyl sites for hydroxylation is 1. The molecule has 3 heterocycles. The Balaban J connectivity index is 1.21. The molecule has 0 bridgehead atoms. The van der Waals surface area contributed by atoms with E-state index in [0.717, 1.165) is 41.5 Å². The lowest BCUT2D eigenvalue weighted by atomic mass is 9.96. The van der Waals surface area contributed by atoms with Crippen LogP contribution >= 0.6 is 0 Å². The number of nitrogens with one attached hydrogen (secondary N) is 1. The molecule has 4 aromatic rings. The number of aromatic nitrogens is 2. The molecule has 1 aromatic heterocycles. The molecule has 2 amide bonds. The van der Waals surface area contributed by atoms with Crippen LogP contribution < -0.4 is 0 Å². The minimum Gasteiger partial charge on any atom is -0.506 e. The van der Waals surface area contributed by atoms with Crippen molar-refractivity contribution in [2.45, 2.75) is 44.6 Å². The zero-order chi connectivity index (χ0) is 24.8. The summed E-state index contributed by atoms with van der Waals surface area (Å²) in [6.07, 6.45) is 3.29. The highest BCUT2D eigenvalue weighted by Gasteiger charge is 2.39. The molecule has 7 heteroatoms. The summed E-state index contributed by atoms with van der Waals surface area (Å²) in [6.45, 7) is 3.86. The number of phenols is 1. The highest BCUT2D eigenvalue weighted by molar-refractivity contribution is 6.05. The lowest BCUT2D eigenvalue weighted by Gasteiger charge is -2.35. The molecule has 3 aromatic carbocycles. The fraction of sp³-hybridized carbons (Fsp3) is 0.345. The van der Waals surface area contributed by atoms with Crippen molar-refractivity contribution in [1.82, 2.24) is 19.8 Å². The summed E-state index contributed by atoms with van der Waals surface area (Å²) in [5, 5.41) is 12.4. The summed E-state index contributed by atoms with van der Waals surface area (Å²) in [6, 6.07) is 16.7. The number of carbonyl (C=O) groups is 2. The second kappa shape index (κ2) is 8.97. The first-order valence-electron chi connectivity index (χ1n) is 12.8. The fourth-order valence-corrected chi connectivity index (χ4v) is 5.80. The Morgan fingerprint density at radius 2 is 1.86 bits per heavy atom. The van der Waals surface area contributed by atoms with Crippen LogP contribution in [-0.4, -0.2) is 62.4 Å². The number of imidazole rings is 1. The Morgan fingerprint density at radius 1 is 1.03 bits per heavy atom. The summed E-state index contributed by atoms with van der Waals surface area (Å²) in [5.74, 6) is 0.765. The van der Waals surface area contributed by atoms with Crippen molar-refractivity contribution in [3.8, 4) is 5.75 Å². The van der Waals surface area contributed by atoms with E-state index in [0.29, 0.717) is 31.4 Å². The van der Waals surface area contributed by atoms with Crippen molar-refractivity contribution < 1.29 is 14.7 Å². The van der Waals surface area contributed by atoms with Gasteiger partial charge in [0.25, 0.3) is 5.91 Å². The number of H-pyrrole nitrogens is 1. The van der Waals surface area contributed by atoms with E-state index in [4.69, 9.17) is 4.98 Å². The van der Waals surface area contributed by atoms with E-state index in [1.165, 1.54) is 5.56 Å². The Bertz CT molecular complexity index is 1480. The molecular weight excluding hydrogens is 452 g/mol. The van der Waals surface area contributed by atoms with Crippen molar-refractivity contribution in [2.24, 2.45) is 0 Å². The molecule has 7 nitrogen and oxygen atoms in total. The molecule has 0 aliphatic carbocycles. The van der Waals surface area contributed by atoms with E-state index in [2.05, 4.69) is 24.0 Å². The Kier molecular flexibility index (Phi) is 5.63. The van der Waals surface area contributed by atoms with Crippen LogP contribution in [0.15, 0.2) is 54.6 Å². The van der Waals surface area contributed by atoms with Crippen molar-refractivity contribution in [3.63, 3.8) is 0 Å². The van der Waals surface area contributed by atoms with Gasteiger partial charge in [-0.15, -0.1) is 0 Å². The molecule has 184 valence electrons. The molecule has 2 saturated heterocycles. The molecular formula is C29H30N4O3. The van der Waals surface area contributed by atoms with Crippen LogP contribution in [0, 0.1) is 6.92 Å². The topological polar surface area (TPSA) is 89.5 Å². The van der Waals surface area contributed by atoms with Crippen molar-refractivity contribution in [1.29, 1.82) is 0 Å². The molecule has 0 saturated carbocycles. The van der Waals surface area contributed by atoms with E-state index < -0.39 is 6.04 Å². The van der Waals surface area contributed by atoms with Gasteiger partial charge in [0.05, 0.1) is 16.6 Å². The summed E-state index contributed by atoms with van der Waals surface area (Å²) >= 11 is 0. The van der Waals surface area contributed by atoms with E-state index in [9.17, 15) is 14.7 Å². The Labute approximate surface area is 209 Å². The smallest absolute Gasteiger partial charge is 0.258 e. The summed E-state index contributed by atoms with van der Waals surface area (Å²) in [7, 11) is 0. The number of aromatic amines is 1. The third kappa shape index (κ3) is 3.88. The molecule has 6 rings (SSSR count). The molecule has 0 radical (unpaired) electrons. The van der Waals surface area contributed by atoms with Gasteiger partial charge in [-0.1, -0.05) is 36.4 Å². The van der Waals surface area contributed by atoms with Gasteiger partial charge in [0.2, 0.25) is 5.91 Å². The number of hydrogen-bond donors (Lipinski definition) is 2. The predicted octanol–water partition coefficient (Wildman–Crippen LogP) is 4.74. The normalized spacial score (nSPS) is 20.4. The average molecular weight is 483 g/mol. The van der Waals surface area contributed by atoms with Crippen LogP contribution in [0.1, 0.15) is 53.3 Å². The first-order valence-corrected chi connectivity index (χ1v) is 12.8. The highest BCUT2D eigenvalue weighted by Crippen LogP contribution is 2.33. The fourth-order valence-electron chi connectivity index (χ4n) is 5.80. The quantitative estimate of drug-likeness (QED) is 0.441. The van der Waals surface area contributed by atoms with Gasteiger partial charge in [-0.3, -0.25) is 9.59 Å². The number of benzene rings is 3. The van der Waals surface area contributed by atoms with E-state index in [1.807, 2.05) is 35.2 Å². The van der Waals surface area contributed by atoms with E-state index in [1.54, 1.807) is 17.0 Å². The number of aromatic hydroxyl groups is 1. The lowest BCUT2D eigenvalue weighted by Crippen LogP contribution is -2.50. The van der Waals surface area contributed by atoms with E-state index in [-0.39, 0.29) is 29.0 Å². The molecule has 2 aliphatic rings. The monoisotopic (exact) mass is 482 g/mol. The lowest BCUT2D eigenvalue weighted by molar-refractivity contribution is -0.136. The van der Waals surface area contributed by atoms with Gasteiger partial charge in [0.1, 0.15) is 17.6 Å². The number of fused-ring (bicyclic) bond motifs is 2. The number of nitrogens with zero attached hydrogens (tertiary/aromatic N) is 3. The number of piperidine rings is 1. The van der Waals surface area contributed by atoms with Crippen LogP contribution in [0.2, 0.25) is 0 Å². The molecule has 2 N–H and O–H groups in total. The van der Waals surface area contributed by atoms with Gasteiger partial charge in [-0.2, -0.15) is 0 Å². The molecule has 0 spiro atoms. The predicted molar refractivity (Wildman–Crippen MR) is 139 cm³/mol. The highest BCUT2D eigenvalue weighted by atomic mass is 16.3. The molecule has 36 heavy (non-hydrogen) atoms. The van der Waals surface area contributed by atoms with Gasteiger partial charge in [0.15, 0.2) is 0 Å². The van der Waals surface area contributed by atoms with Crippen molar-refractivity contribution in [2.75, 3.05) is 19.6 Å². The minimum absolute atomic E-state index is 0.00205. The molecule has 2 fully saturated rings. The zero-order valence-corrected chi connectivity index (χ0v) is 20.4. The summed E-state index contributed by atoms with van der Waals surface area (Å²) in [4.78, 5) is 39.0. The van der Waals surface area contributed by atoms with Crippen LogP contribution in [0.25, 0.3) is 21.8 Å². The SMILES string of the molecule is Cc1ccc2nc(C3CCCN(C(=O)C4CCCN4C(=O)c4ccc5ccccc5c4O)C3)[nH]c2c1. The van der Waals surface area contributed by atoms with Crippen molar-refractivity contribution >= 4 is 33.6 Å². The average Bonchev–Trinajstić information content (AvgIpc) is 3.56. The number of carbonyl (C=O) groups excluding carboxylic acids is 2. The molecule has 2 aliphatic heterocycles. The third-order valence-electron chi connectivity index (χ3n) is 7.71. The number of hydrogen-bond acceptors (Lipinski definition) is 4. The van der Waals surface area contributed by atoms with Gasteiger partial charge in [0, 0.05) is 30.9 Å². The van der Waals surface area contributed by atoms with Crippen LogP contribution in [0.4, 0.5) is 0 Å². The number of rotatable bonds is 3. The van der Waals surface area contributed by atoms with Crippen LogP contribution in [0.5, 0.6) is 5.75 Å². The third-order valence-corrected chi connectivity index (χ3v) is 7.71. The zero-order valence-electron chi connectivity index (χ0n) is 20.4. The molecule has 2 unspecified atom stereocenters. The maximum Gasteiger partial charge on any atom is 0.258 e. The minimum atomic E-state index is -0.500. The largest absolute Gasteiger partial charge is 0.506 e. The van der Waals surface area contributed by atoms with Gasteiger partial charge >= 0.3 is 0 Å². The number of phenolic OH excluding ortho intramolecular Hbond substituents is 1. The van der Waals surface area contributed by atoms with E-state index >= 15 is 0 Å². The Morgan fingerprint density at radius 3 is 2.75 bits per heavy atom. The maximum absolute atomic E-state index is 13.7. The number of amides is 2. The Hall–Kier alpha value is -3.87. The van der Waals surface area contributed by atoms with Gasteiger partial charge in [-0.25, -0.2) is 4.98 Å². The second-order valence-corrected chi connectivity index (χ2v) is 10.1. The van der Waals surface area contributed by atoms with Crippen LogP contribution in [0.3, 0.4) is 0 Å². The summed E-state index contributed by atoms with van der Waals surface area (Å²) in [5.41, 5.74) is 3.40. The standard InChI is InChI=1S/C29H30N4O3/c1-18-10-13-23-24(16-18)31-27(30-23)20-7-4-14-32(17-20)29(36)25-9-5-15-33(25)28(35)22-12-11-19-6-2-3-8-21(19)26(22)34/h2-3,6,8,10-13,16,20,25,34H,4-5,7,9,14-15,17H2,1H3,(H,30,31). The van der Waals surface area contributed by atoms with Crippen molar-refractivity contribution in [3.05, 3.63) is 71.5 Å². The molecule has 2 atom stereocenters. The number of likely N-dealkylation sites (tertiary alicyclic amines) is 2. The van der Waals surface area contributed by atoms with Gasteiger partial charge < -0.3 is 19.9 Å². The summed E-state index contributed by atoms with van der Waals surface area (Å²) < 4.78 is 0. The first kappa shape index (κ1) is 22.6.